The van der Waals surface area contributed by atoms with E-state index in [1.165, 1.54) is 0 Å². The predicted molar refractivity (Wildman–Crippen MR) is 78.6 cm³/mol. The number of hydrogen-bond acceptors (Lipinski definition) is 4. The van der Waals surface area contributed by atoms with Gasteiger partial charge in [0.2, 0.25) is 5.95 Å². The molecular weight excluding hydrogens is 307 g/mol. The Balaban J connectivity index is 1.69. The first-order valence-electron chi connectivity index (χ1n) is 7.28. The number of rotatable bonds is 5. The van der Waals surface area contributed by atoms with Gasteiger partial charge in [-0.1, -0.05) is 30.3 Å². The summed E-state index contributed by atoms with van der Waals surface area (Å²) in [6, 6.07) is 10.1. The van der Waals surface area contributed by atoms with Gasteiger partial charge in [0, 0.05) is 18.2 Å². The molecule has 1 aliphatic carbocycles. The quantitative estimate of drug-likeness (QED) is 0.885. The number of benzene rings is 1. The molecular formula is C16H16F3N3O. The fourth-order valence-corrected chi connectivity index (χ4v) is 2.55. The summed E-state index contributed by atoms with van der Waals surface area (Å²) in [4.78, 5) is 7.29. The Morgan fingerprint density at radius 1 is 1.17 bits per heavy atom. The topological polar surface area (TPSA) is 58.0 Å². The average molecular weight is 323 g/mol. The molecule has 2 N–H and O–H groups in total. The number of aliphatic hydroxyl groups is 1. The third kappa shape index (κ3) is 3.44. The molecule has 3 rings (SSSR count). The van der Waals surface area contributed by atoms with Crippen LogP contribution in [0.2, 0.25) is 0 Å². The fourth-order valence-electron chi connectivity index (χ4n) is 2.55. The minimum atomic E-state index is -4.50. The first kappa shape index (κ1) is 15.7. The molecule has 122 valence electrons. The van der Waals surface area contributed by atoms with E-state index in [-0.39, 0.29) is 11.4 Å². The molecule has 1 aromatic carbocycles. The van der Waals surface area contributed by atoms with Gasteiger partial charge in [-0.05, 0) is 24.5 Å². The van der Waals surface area contributed by atoms with E-state index in [9.17, 15) is 18.3 Å². The molecule has 0 radical (unpaired) electrons. The lowest BCUT2D eigenvalue weighted by Crippen LogP contribution is -2.24. The van der Waals surface area contributed by atoms with Gasteiger partial charge in [0.05, 0.1) is 6.10 Å². The van der Waals surface area contributed by atoms with Crippen LogP contribution in [0.25, 0.3) is 0 Å². The van der Waals surface area contributed by atoms with E-state index < -0.39 is 18.0 Å². The van der Waals surface area contributed by atoms with Gasteiger partial charge in [-0.2, -0.15) is 13.2 Å². The number of aliphatic hydroxyl groups excluding tert-OH is 1. The first-order valence-corrected chi connectivity index (χ1v) is 7.28. The number of anilines is 1. The average Bonchev–Trinajstić information content (AvgIpc) is 3.34. The smallest absolute Gasteiger partial charge is 0.388 e. The van der Waals surface area contributed by atoms with Gasteiger partial charge in [0.25, 0.3) is 0 Å². The van der Waals surface area contributed by atoms with Crippen LogP contribution in [0.4, 0.5) is 19.1 Å². The molecule has 0 unspecified atom stereocenters. The van der Waals surface area contributed by atoms with Crippen LogP contribution in [0.5, 0.6) is 0 Å². The Kier molecular flexibility index (Phi) is 3.97. The van der Waals surface area contributed by atoms with Crippen LogP contribution in [0.1, 0.15) is 30.2 Å². The SMILES string of the molecule is O[C@H](c1ccccc1)C1(CNc2nccc(C(F)(F)F)n2)CC1. The maximum absolute atomic E-state index is 12.6. The van der Waals surface area contributed by atoms with Crippen molar-refractivity contribution in [3.8, 4) is 0 Å². The summed E-state index contributed by atoms with van der Waals surface area (Å²) in [5, 5.41) is 13.3. The van der Waals surface area contributed by atoms with E-state index in [2.05, 4.69) is 15.3 Å². The fraction of sp³-hybridized carbons (Fsp3) is 0.375. The molecule has 1 heterocycles. The second-order valence-corrected chi connectivity index (χ2v) is 5.79. The standard InChI is InChI=1S/C16H16F3N3O/c17-16(18,19)12-6-9-20-14(22-12)21-10-15(7-8-15)13(23)11-4-2-1-3-5-11/h1-6,9,13,23H,7-8,10H2,(H,20,21,22)/t13-/m1/s1. The molecule has 23 heavy (non-hydrogen) atoms. The summed E-state index contributed by atoms with van der Waals surface area (Å²) in [7, 11) is 0. The summed E-state index contributed by atoms with van der Waals surface area (Å²) in [5.41, 5.74) is -0.556. The van der Waals surface area contributed by atoms with Gasteiger partial charge in [-0.15, -0.1) is 0 Å². The minimum absolute atomic E-state index is 0.0774. The molecule has 0 spiro atoms. The number of nitrogens with zero attached hydrogens (tertiary/aromatic N) is 2. The summed E-state index contributed by atoms with van der Waals surface area (Å²) in [6.45, 7) is 0.324. The molecule has 2 aromatic rings. The van der Waals surface area contributed by atoms with Crippen molar-refractivity contribution in [2.24, 2.45) is 5.41 Å². The number of alkyl halides is 3. The zero-order chi connectivity index (χ0) is 16.5. The lowest BCUT2D eigenvalue weighted by Gasteiger charge is -2.23. The largest absolute Gasteiger partial charge is 0.433 e. The highest BCUT2D eigenvalue weighted by Crippen LogP contribution is 2.54. The van der Waals surface area contributed by atoms with Crippen LogP contribution in [0.3, 0.4) is 0 Å². The van der Waals surface area contributed by atoms with Crippen LogP contribution in [-0.2, 0) is 6.18 Å². The van der Waals surface area contributed by atoms with Crippen LogP contribution in [-0.4, -0.2) is 21.6 Å². The van der Waals surface area contributed by atoms with Crippen molar-refractivity contribution in [2.75, 3.05) is 11.9 Å². The van der Waals surface area contributed by atoms with Crippen molar-refractivity contribution < 1.29 is 18.3 Å². The Morgan fingerprint density at radius 3 is 2.48 bits per heavy atom. The first-order chi connectivity index (χ1) is 10.9. The maximum atomic E-state index is 12.6. The van der Waals surface area contributed by atoms with Crippen molar-refractivity contribution >= 4 is 5.95 Å². The maximum Gasteiger partial charge on any atom is 0.433 e. The molecule has 1 saturated carbocycles. The molecule has 0 saturated heterocycles. The zero-order valence-electron chi connectivity index (χ0n) is 12.2. The van der Waals surface area contributed by atoms with Crippen molar-refractivity contribution in [1.29, 1.82) is 0 Å². The number of hydrogen-bond donors (Lipinski definition) is 2. The molecule has 1 atom stereocenters. The third-order valence-electron chi connectivity index (χ3n) is 4.13. The molecule has 1 fully saturated rings. The highest BCUT2D eigenvalue weighted by atomic mass is 19.4. The van der Waals surface area contributed by atoms with E-state index in [0.29, 0.717) is 6.54 Å². The van der Waals surface area contributed by atoms with Crippen molar-refractivity contribution in [2.45, 2.75) is 25.1 Å². The van der Waals surface area contributed by atoms with Gasteiger partial charge in [-0.25, -0.2) is 9.97 Å². The Labute approximate surface area is 131 Å². The van der Waals surface area contributed by atoms with Crippen LogP contribution in [0, 0.1) is 5.41 Å². The van der Waals surface area contributed by atoms with Gasteiger partial charge in [-0.3, -0.25) is 0 Å². The van der Waals surface area contributed by atoms with Gasteiger partial charge in [0.1, 0.15) is 5.69 Å². The van der Waals surface area contributed by atoms with Gasteiger partial charge in [0.15, 0.2) is 0 Å². The predicted octanol–water partition coefficient (Wildman–Crippen LogP) is 3.42. The molecule has 0 aliphatic heterocycles. The Hall–Kier alpha value is -2.15. The normalized spacial score (nSPS) is 17.6. The molecule has 0 amide bonds. The second-order valence-electron chi connectivity index (χ2n) is 5.79. The molecule has 0 bridgehead atoms. The van der Waals surface area contributed by atoms with Crippen LogP contribution < -0.4 is 5.32 Å². The Morgan fingerprint density at radius 2 is 1.87 bits per heavy atom. The lowest BCUT2D eigenvalue weighted by atomic mass is 9.93. The third-order valence-corrected chi connectivity index (χ3v) is 4.13. The van der Waals surface area contributed by atoms with E-state index in [1.807, 2.05) is 30.3 Å². The monoisotopic (exact) mass is 323 g/mol. The van der Waals surface area contributed by atoms with Gasteiger partial charge < -0.3 is 10.4 Å². The molecule has 7 heteroatoms. The Bertz CT molecular complexity index is 672. The van der Waals surface area contributed by atoms with E-state index in [0.717, 1.165) is 30.7 Å². The summed E-state index contributed by atoms with van der Waals surface area (Å²) in [5.74, 6) is -0.0774. The minimum Gasteiger partial charge on any atom is -0.388 e. The van der Waals surface area contributed by atoms with E-state index >= 15 is 0 Å². The van der Waals surface area contributed by atoms with E-state index in [1.54, 1.807) is 0 Å². The van der Waals surface area contributed by atoms with Gasteiger partial charge >= 0.3 is 6.18 Å². The number of nitrogens with one attached hydrogen (secondary N) is 1. The number of halogens is 3. The summed E-state index contributed by atoms with van der Waals surface area (Å²) < 4.78 is 37.9. The number of aromatic nitrogens is 2. The molecule has 1 aromatic heterocycles. The lowest BCUT2D eigenvalue weighted by molar-refractivity contribution is -0.141. The van der Waals surface area contributed by atoms with E-state index in [4.69, 9.17) is 0 Å². The second kappa shape index (κ2) is 5.81. The van der Waals surface area contributed by atoms with Crippen molar-refractivity contribution in [1.82, 2.24) is 9.97 Å². The molecule has 4 nitrogen and oxygen atoms in total. The highest BCUT2D eigenvalue weighted by molar-refractivity contribution is 5.29. The van der Waals surface area contributed by atoms with Crippen LogP contribution >= 0.6 is 0 Å². The van der Waals surface area contributed by atoms with Crippen molar-refractivity contribution in [3.05, 3.63) is 53.9 Å². The summed E-state index contributed by atoms with van der Waals surface area (Å²) >= 11 is 0. The van der Waals surface area contributed by atoms with Crippen molar-refractivity contribution in [3.63, 3.8) is 0 Å². The highest BCUT2D eigenvalue weighted by Gasteiger charge is 2.49. The summed E-state index contributed by atoms with van der Waals surface area (Å²) in [6.07, 6.45) is -2.49. The molecule has 1 aliphatic rings. The van der Waals surface area contributed by atoms with Crippen LogP contribution in [0.15, 0.2) is 42.6 Å². The zero-order valence-corrected chi connectivity index (χ0v) is 12.2.